The molecule has 200 valence electrons. The highest BCUT2D eigenvalue weighted by atomic mass is 35.5. The lowest BCUT2D eigenvalue weighted by Crippen LogP contribution is -2.50. The Morgan fingerprint density at radius 1 is 0.816 bits per heavy atom. The Morgan fingerprint density at radius 2 is 1.39 bits per heavy atom. The van der Waals surface area contributed by atoms with Gasteiger partial charge in [0.05, 0.1) is 29.8 Å². The van der Waals surface area contributed by atoms with Crippen molar-refractivity contribution in [3.8, 4) is 11.5 Å². The van der Waals surface area contributed by atoms with Gasteiger partial charge in [0.2, 0.25) is 0 Å². The number of ether oxygens (including phenoxy) is 2. The second-order valence-corrected chi connectivity index (χ2v) is 10.8. The third kappa shape index (κ3) is 5.71. The van der Waals surface area contributed by atoms with E-state index < -0.39 is 10.0 Å². The molecule has 1 saturated heterocycles. The molecule has 0 radical (unpaired) electrons. The lowest BCUT2D eigenvalue weighted by atomic mass is 10.1. The van der Waals surface area contributed by atoms with Crippen LogP contribution in [0.5, 0.6) is 11.5 Å². The van der Waals surface area contributed by atoms with E-state index in [0.29, 0.717) is 43.1 Å². The molecule has 1 N–H and O–H groups in total. The van der Waals surface area contributed by atoms with Crippen LogP contribution in [-0.2, 0) is 10.0 Å². The highest BCUT2D eigenvalue weighted by molar-refractivity contribution is 7.92. The molecule has 0 atom stereocenters. The first-order valence-corrected chi connectivity index (χ1v) is 13.7. The molecule has 1 fully saturated rings. The smallest absolute Gasteiger partial charge is 0.262 e. The summed E-state index contributed by atoms with van der Waals surface area (Å²) in [6, 6.07) is 16.4. The van der Waals surface area contributed by atoms with Gasteiger partial charge in [-0.2, -0.15) is 0 Å². The molecule has 3 aromatic rings. The van der Waals surface area contributed by atoms with Crippen molar-refractivity contribution in [3.05, 3.63) is 82.4 Å². The van der Waals surface area contributed by atoms with Crippen molar-refractivity contribution < 1.29 is 27.5 Å². The van der Waals surface area contributed by atoms with E-state index in [0.717, 1.165) is 0 Å². The summed E-state index contributed by atoms with van der Waals surface area (Å²) < 4.78 is 39.7. The summed E-state index contributed by atoms with van der Waals surface area (Å²) in [6.45, 7) is 3.10. The van der Waals surface area contributed by atoms with Gasteiger partial charge in [0.1, 0.15) is 11.5 Å². The Balaban J connectivity index is 1.51. The predicted molar refractivity (Wildman–Crippen MR) is 145 cm³/mol. The summed E-state index contributed by atoms with van der Waals surface area (Å²) >= 11 is 6.19. The number of amides is 2. The fraction of sp³-hybridized carbons (Fsp3) is 0.259. The fourth-order valence-corrected chi connectivity index (χ4v) is 5.79. The van der Waals surface area contributed by atoms with E-state index in [4.69, 9.17) is 21.1 Å². The van der Waals surface area contributed by atoms with Gasteiger partial charge in [0.15, 0.2) is 0 Å². The molecule has 3 aromatic carbocycles. The minimum atomic E-state index is -4.10. The number of sulfonamides is 1. The molecule has 38 heavy (non-hydrogen) atoms. The van der Waals surface area contributed by atoms with Gasteiger partial charge in [-0.15, -0.1) is 0 Å². The zero-order valence-electron chi connectivity index (χ0n) is 21.2. The van der Waals surface area contributed by atoms with Crippen molar-refractivity contribution >= 4 is 39.1 Å². The Kier molecular flexibility index (Phi) is 8.13. The van der Waals surface area contributed by atoms with E-state index in [1.54, 1.807) is 41.0 Å². The van der Waals surface area contributed by atoms with E-state index in [2.05, 4.69) is 4.72 Å². The van der Waals surface area contributed by atoms with E-state index in [-0.39, 0.29) is 38.7 Å². The first-order valence-electron chi connectivity index (χ1n) is 11.8. The van der Waals surface area contributed by atoms with Crippen LogP contribution >= 0.6 is 11.6 Å². The molecule has 2 amide bonds. The fourth-order valence-electron chi connectivity index (χ4n) is 4.22. The molecule has 1 aliphatic heterocycles. The van der Waals surface area contributed by atoms with Gasteiger partial charge < -0.3 is 19.3 Å². The number of hydrogen-bond acceptors (Lipinski definition) is 6. The highest BCUT2D eigenvalue weighted by Gasteiger charge is 2.27. The second kappa shape index (κ2) is 11.3. The molecule has 0 aliphatic carbocycles. The molecular weight excluding hydrogens is 530 g/mol. The molecule has 11 heteroatoms. The largest absolute Gasteiger partial charge is 0.495 e. The number of carbonyl (C=O) groups is 2. The molecule has 4 rings (SSSR count). The lowest BCUT2D eigenvalue weighted by molar-refractivity contribution is 0.0535. The number of aryl methyl sites for hydroxylation is 1. The van der Waals surface area contributed by atoms with Gasteiger partial charge in [0.25, 0.3) is 21.8 Å². The quantitative estimate of drug-likeness (QED) is 0.469. The van der Waals surface area contributed by atoms with Crippen LogP contribution in [0, 0.1) is 6.92 Å². The van der Waals surface area contributed by atoms with Crippen LogP contribution in [0.2, 0.25) is 5.02 Å². The van der Waals surface area contributed by atoms with E-state index >= 15 is 0 Å². The monoisotopic (exact) mass is 557 g/mol. The summed E-state index contributed by atoms with van der Waals surface area (Å²) in [7, 11) is -1.26. The SMILES string of the molecule is COc1cc(OC)c(NS(=O)(=O)c2cc(C(=O)N3CCN(C(=O)c4ccccc4)CC3)ccc2C)cc1Cl. The van der Waals surface area contributed by atoms with E-state index in [9.17, 15) is 18.0 Å². The van der Waals surface area contributed by atoms with Gasteiger partial charge in [-0.3, -0.25) is 14.3 Å². The second-order valence-electron chi connectivity index (χ2n) is 8.72. The van der Waals surface area contributed by atoms with Crippen LogP contribution in [0.25, 0.3) is 0 Å². The maximum atomic E-state index is 13.4. The maximum absolute atomic E-state index is 13.4. The summed E-state index contributed by atoms with van der Waals surface area (Å²) in [4.78, 5) is 29.3. The van der Waals surface area contributed by atoms with Gasteiger partial charge in [0, 0.05) is 43.4 Å². The van der Waals surface area contributed by atoms with Crippen molar-refractivity contribution in [1.82, 2.24) is 9.80 Å². The highest BCUT2D eigenvalue weighted by Crippen LogP contribution is 2.37. The molecule has 0 bridgehead atoms. The minimum Gasteiger partial charge on any atom is -0.495 e. The number of carbonyl (C=O) groups excluding carboxylic acids is 2. The molecule has 0 aromatic heterocycles. The third-order valence-electron chi connectivity index (χ3n) is 6.32. The average molecular weight is 558 g/mol. The Bertz CT molecular complexity index is 1460. The van der Waals surface area contributed by atoms with Crippen molar-refractivity contribution in [2.24, 2.45) is 0 Å². The lowest BCUT2D eigenvalue weighted by Gasteiger charge is -2.35. The summed E-state index contributed by atoms with van der Waals surface area (Å²) in [6.07, 6.45) is 0. The summed E-state index contributed by atoms with van der Waals surface area (Å²) in [5, 5.41) is 0.205. The molecule has 0 unspecified atom stereocenters. The zero-order chi connectivity index (χ0) is 27.4. The van der Waals surface area contributed by atoms with Crippen LogP contribution in [0.15, 0.2) is 65.6 Å². The van der Waals surface area contributed by atoms with Crippen LogP contribution in [0.1, 0.15) is 26.3 Å². The average Bonchev–Trinajstić information content (AvgIpc) is 2.93. The number of rotatable bonds is 7. The summed E-state index contributed by atoms with van der Waals surface area (Å²) in [5.74, 6) is 0.170. The molecule has 1 aliphatic rings. The maximum Gasteiger partial charge on any atom is 0.262 e. The van der Waals surface area contributed by atoms with Gasteiger partial charge in [-0.05, 0) is 42.8 Å². The van der Waals surface area contributed by atoms with Crippen LogP contribution < -0.4 is 14.2 Å². The van der Waals surface area contributed by atoms with Gasteiger partial charge in [-0.25, -0.2) is 8.42 Å². The number of halogens is 1. The number of hydrogen-bond donors (Lipinski definition) is 1. The first-order chi connectivity index (χ1) is 18.1. The topological polar surface area (TPSA) is 105 Å². The van der Waals surface area contributed by atoms with Crippen molar-refractivity contribution in [3.63, 3.8) is 0 Å². The Morgan fingerprint density at radius 3 is 1.97 bits per heavy atom. The Labute approximate surface area is 227 Å². The van der Waals surface area contributed by atoms with Crippen molar-refractivity contribution in [2.75, 3.05) is 45.1 Å². The standard InChI is InChI=1S/C27H28ClN3O6S/c1-18-9-10-20(27(33)31-13-11-30(12-14-31)26(32)19-7-5-4-6-8-19)15-25(18)38(34,35)29-22-16-21(28)23(36-2)17-24(22)37-3/h4-10,15-17,29H,11-14H2,1-3H3. The molecule has 1 heterocycles. The zero-order valence-corrected chi connectivity index (χ0v) is 22.8. The number of anilines is 1. The first kappa shape index (κ1) is 27.3. The number of piperazine rings is 1. The van der Waals surface area contributed by atoms with E-state index in [1.165, 1.54) is 32.4 Å². The number of methoxy groups -OCH3 is 2. The number of nitrogens with one attached hydrogen (secondary N) is 1. The normalized spacial score (nSPS) is 13.7. The molecular formula is C27H28ClN3O6S. The number of nitrogens with zero attached hydrogens (tertiary/aromatic N) is 2. The minimum absolute atomic E-state index is 0.0461. The number of benzene rings is 3. The molecule has 0 spiro atoms. The predicted octanol–water partition coefficient (Wildman–Crippen LogP) is 4.06. The summed E-state index contributed by atoms with van der Waals surface area (Å²) in [5.41, 5.74) is 1.43. The third-order valence-corrected chi connectivity index (χ3v) is 8.12. The van der Waals surface area contributed by atoms with Crippen LogP contribution in [0.3, 0.4) is 0 Å². The molecule has 0 saturated carbocycles. The van der Waals surface area contributed by atoms with Crippen LogP contribution in [0.4, 0.5) is 5.69 Å². The van der Waals surface area contributed by atoms with E-state index in [1.807, 2.05) is 18.2 Å². The Hall–Kier alpha value is -3.76. The van der Waals surface area contributed by atoms with Crippen molar-refractivity contribution in [2.45, 2.75) is 11.8 Å². The van der Waals surface area contributed by atoms with Crippen molar-refractivity contribution in [1.29, 1.82) is 0 Å². The molecule has 9 nitrogen and oxygen atoms in total. The van der Waals surface area contributed by atoms with Crippen LogP contribution in [-0.4, -0.2) is 70.4 Å². The van der Waals surface area contributed by atoms with Gasteiger partial charge in [-0.1, -0.05) is 35.9 Å². The van der Waals surface area contributed by atoms with Gasteiger partial charge >= 0.3 is 0 Å².